The smallest absolute Gasteiger partial charge is 0.320 e. The van der Waals surface area contributed by atoms with Crippen molar-refractivity contribution in [1.29, 1.82) is 0 Å². The summed E-state index contributed by atoms with van der Waals surface area (Å²) in [5.41, 5.74) is 0.953. The van der Waals surface area contributed by atoms with E-state index in [4.69, 9.17) is 4.74 Å². The van der Waals surface area contributed by atoms with Crippen molar-refractivity contribution >= 4 is 33.4 Å². The minimum absolute atomic E-state index is 0.295. The van der Waals surface area contributed by atoms with Crippen LogP contribution in [-0.4, -0.2) is 34.5 Å². The van der Waals surface area contributed by atoms with E-state index in [-0.39, 0.29) is 6.03 Å². The fourth-order valence-corrected chi connectivity index (χ4v) is 3.14. The quantitative estimate of drug-likeness (QED) is 0.645. The van der Waals surface area contributed by atoms with Gasteiger partial charge in [0.2, 0.25) is 0 Å². The van der Waals surface area contributed by atoms with Gasteiger partial charge in [0, 0.05) is 32.5 Å². The molecule has 2 amide bonds. The molecule has 126 valence electrons. The van der Waals surface area contributed by atoms with E-state index in [2.05, 4.69) is 20.7 Å². The van der Waals surface area contributed by atoms with E-state index in [9.17, 15) is 4.79 Å². The van der Waals surface area contributed by atoms with Crippen LogP contribution in [0.5, 0.6) is 0 Å². The Balaban J connectivity index is 1.48. The van der Waals surface area contributed by atoms with Crippen LogP contribution in [0.2, 0.25) is 0 Å². The Kier molecular flexibility index (Phi) is 5.39. The fourth-order valence-electron chi connectivity index (χ4n) is 2.24. The Hall–Kier alpha value is -2.45. The number of methoxy groups -OCH3 is 1. The number of nitrogens with zero attached hydrogens (tertiary/aromatic N) is 3. The third-order valence-electron chi connectivity index (χ3n) is 3.36. The Morgan fingerprint density at radius 1 is 1.33 bits per heavy atom. The summed E-state index contributed by atoms with van der Waals surface area (Å²) in [6.07, 6.45) is 2.71. The molecule has 0 aliphatic rings. The van der Waals surface area contributed by atoms with Crippen molar-refractivity contribution < 1.29 is 9.53 Å². The highest BCUT2D eigenvalue weighted by atomic mass is 32.1. The number of para-hydroxylation sites is 1. The topological polar surface area (TPSA) is 81.1 Å². The van der Waals surface area contributed by atoms with Crippen LogP contribution in [-0.2, 0) is 17.8 Å². The first-order chi connectivity index (χ1) is 11.7. The summed E-state index contributed by atoms with van der Waals surface area (Å²) < 4.78 is 7.90. The van der Waals surface area contributed by atoms with E-state index in [1.165, 1.54) is 0 Å². The number of carbonyl (C=O) groups is 1. The molecule has 2 aromatic heterocycles. The van der Waals surface area contributed by atoms with Crippen molar-refractivity contribution in [3.8, 4) is 0 Å². The van der Waals surface area contributed by atoms with E-state index in [1.807, 2.05) is 30.5 Å². The van der Waals surface area contributed by atoms with E-state index in [0.717, 1.165) is 28.2 Å². The number of carbonyl (C=O) groups excluding carboxylic acids is 1. The Morgan fingerprint density at radius 3 is 3.04 bits per heavy atom. The largest absolute Gasteiger partial charge is 0.385 e. The molecule has 8 heteroatoms. The number of ether oxygens (including phenoxy) is 1. The lowest BCUT2D eigenvalue weighted by Gasteiger charge is -2.04. The van der Waals surface area contributed by atoms with Gasteiger partial charge in [-0.25, -0.2) is 9.78 Å². The van der Waals surface area contributed by atoms with Crippen LogP contribution >= 0.6 is 11.3 Å². The molecular formula is C16H19N5O2S. The molecule has 1 aromatic carbocycles. The summed E-state index contributed by atoms with van der Waals surface area (Å²) >= 11 is 1.58. The lowest BCUT2D eigenvalue weighted by Crippen LogP contribution is -2.28. The zero-order valence-electron chi connectivity index (χ0n) is 13.4. The minimum atomic E-state index is -0.295. The molecular weight excluding hydrogens is 326 g/mol. The molecule has 0 spiro atoms. The third kappa shape index (κ3) is 4.30. The van der Waals surface area contributed by atoms with Crippen molar-refractivity contribution in [3.05, 3.63) is 41.5 Å². The summed E-state index contributed by atoms with van der Waals surface area (Å²) in [7, 11) is 1.67. The summed E-state index contributed by atoms with van der Waals surface area (Å²) in [5, 5.41) is 10.7. The molecule has 0 aliphatic heterocycles. The van der Waals surface area contributed by atoms with Gasteiger partial charge in [0.25, 0.3) is 0 Å². The average Bonchev–Trinajstić information content (AvgIpc) is 3.19. The number of aryl methyl sites for hydroxylation is 1. The monoisotopic (exact) mass is 345 g/mol. The van der Waals surface area contributed by atoms with Gasteiger partial charge in [-0.15, -0.1) is 11.3 Å². The van der Waals surface area contributed by atoms with E-state index < -0.39 is 0 Å². The van der Waals surface area contributed by atoms with E-state index >= 15 is 0 Å². The molecule has 3 rings (SSSR count). The van der Waals surface area contributed by atoms with Crippen LogP contribution in [0.15, 0.2) is 36.5 Å². The second kappa shape index (κ2) is 7.89. The number of hydrogen-bond acceptors (Lipinski definition) is 5. The molecule has 0 saturated heterocycles. The summed E-state index contributed by atoms with van der Waals surface area (Å²) in [4.78, 5) is 16.4. The van der Waals surface area contributed by atoms with Crippen molar-refractivity contribution in [2.45, 2.75) is 19.5 Å². The Morgan fingerprint density at radius 2 is 2.21 bits per heavy atom. The van der Waals surface area contributed by atoms with Crippen LogP contribution in [0.25, 0.3) is 10.2 Å². The third-order valence-corrected chi connectivity index (χ3v) is 4.39. The number of aromatic nitrogens is 3. The molecule has 0 saturated carbocycles. The van der Waals surface area contributed by atoms with Gasteiger partial charge < -0.3 is 10.1 Å². The molecule has 0 radical (unpaired) electrons. The summed E-state index contributed by atoms with van der Waals surface area (Å²) in [6.45, 7) is 1.83. The van der Waals surface area contributed by atoms with Gasteiger partial charge in [-0.1, -0.05) is 12.1 Å². The molecule has 2 heterocycles. The maximum atomic E-state index is 12.0. The number of benzene rings is 1. The summed E-state index contributed by atoms with van der Waals surface area (Å²) in [6, 6.07) is 9.39. The number of rotatable bonds is 7. The molecule has 0 unspecified atom stereocenters. The number of thiazole rings is 1. The number of urea groups is 1. The normalized spacial score (nSPS) is 10.9. The van der Waals surface area contributed by atoms with Gasteiger partial charge in [-0.3, -0.25) is 10.00 Å². The SMILES string of the molecule is COCCCn1ccc(NC(=O)NCc2nc3ccccc3s2)n1. The highest BCUT2D eigenvalue weighted by Gasteiger charge is 2.07. The summed E-state index contributed by atoms with van der Waals surface area (Å²) in [5.74, 6) is 0.522. The molecule has 3 aromatic rings. The minimum Gasteiger partial charge on any atom is -0.385 e. The Labute approximate surface area is 143 Å². The second-order valence-electron chi connectivity index (χ2n) is 5.19. The highest BCUT2D eigenvalue weighted by Crippen LogP contribution is 2.21. The molecule has 2 N–H and O–H groups in total. The average molecular weight is 345 g/mol. The van der Waals surface area contributed by atoms with Crippen molar-refractivity contribution in [1.82, 2.24) is 20.1 Å². The first-order valence-corrected chi connectivity index (χ1v) is 8.48. The molecule has 0 atom stereocenters. The van der Waals surface area contributed by atoms with Crippen LogP contribution < -0.4 is 10.6 Å². The molecule has 24 heavy (non-hydrogen) atoms. The highest BCUT2D eigenvalue weighted by molar-refractivity contribution is 7.18. The van der Waals surface area contributed by atoms with Gasteiger partial charge >= 0.3 is 6.03 Å². The van der Waals surface area contributed by atoms with Crippen LogP contribution in [0.4, 0.5) is 10.6 Å². The molecule has 7 nitrogen and oxygen atoms in total. The fraction of sp³-hybridized carbons (Fsp3) is 0.312. The van der Waals surface area contributed by atoms with Gasteiger partial charge in [0.15, 0.2) is 5.82 Å². The zero-order valence-corrected chi connectivity index (χ0v) is 14.2. The molecule has 0 fully saturated rings. The van der Waals surface area contributed by atoms with Crippen molar-refractivity contribution in [2.75, 3.05) is 19.0 Å². The first kappa shape index (κ1) is 16.4. The van der Waals surface area contributed by atoms with Gasteiger partial charge in [0.1, 0.15) is 5.01 Å². The number of amides is 2. The van der Waals surface area contributed by atoms with Gasteiger partial charge in [0.05, 0.1) is 16.8 Å². The van der Waals surface area contributed by atoms with Crippen LogP contribution in [0.1, 0.15) is 11.4 Å². The van der Waals surface area contributed by atoms with Crippen molar-refractivity contribution in [3.63, 3.8) is 0 Å². The zero-order chi connectivity index (χ0) is 16.8. The van der Waals surface area contributed by atoms with E-state index in [0.29, 0.717) is 19.0 Å². The standard InChI is InChI=1S/C16H19N5O2S/c1-23-10-4-8-21-9-7-14(20-21)19-16(22)17-11-15-18-12-5-2-3-6-13(12)24-15/h2-3,5-7,9H,4,8,10-11H2,1H3,(H2,17,19,20,22). The first-order valence-electron chi connectivity index (χ1n) is 7.66. The maximum absolute atomic E-state index is 12.0. The van der Waals surface area contributed by atoms with Gasteiger partial charge in [-0.05, 0) is 18.6 Å². The van der Waals surface area contributed by atoms with Crippen LogP contribution in [0, 0.1) is 0 Å². The second-order valence-corrected chi connectivity index (χ2v) is 6.31. The van der Waals surface area contributed by atoms with E-state index in [1.54, 1.807) is 29.2 Å². The number of fused-ring (bicyclic) bond motifs is 1. The number of anilines is 1. The maximum Gasteiger partial charge on any atom is 0.320 e. The molecule has 0 aliphatic carbocycles. The Bertz CT molecular complexity index is 781. The lowest BCUT2D eigenvalue weighted by molar-refractivity contribution is 0.189. The van der Waals surface area contributed by atoms with Gasteiger partial charge in [-0.2, -0.15) is 5.10 Å². The van der Waals surface area contributed by atoms with Crippen molar-refractivity contribution in [2.24, 2.45) is 0 Å². The number of hydrogen-bond donors (Lipinski definition) is 2. The predicted molar refractivity (Wildman–Crippen MR) is 94.2 cm³/mol. The number of nitrogens with one attached hydrogen (secondary N) is 2. The van der Waals surface area contributed by atoms with Crippen LogP contribution in [0.3, 0.4) is 0 Å². The molecule has 0 bridgehead atoms. The lowest BCUT2D eigenvalue weighted by atomic mass is 10.3. The predicted octanol–water partition coefficient (Wildman–Crippen LogP) is 2.85.